The topological polar surface area (TPSA) is 48.6 Å². The van der Waals surface area contributed by atoms with Crippen LogP contribution in [0.3, 0.4) is 0 Å². The molecule has 10 rings (SSSR count). The van der Waals surface area contributed by atoms with Crippen molar-refractivity contribution in [2.24, 2.45) is 9.98 Å². The predicted octanol–water partition coefficient (Wildman–Crippen LogP) is 13.0. The molecule has 0 bridgehead atoms. The summed E-state index contributed by atoms with van der Waals surface area (Å²) >= 11 is 0. The van der Waals surface area contributed by atoms with Gasteiger partial charge in [0.25, 0.3) is 0 Å². The van der Waals surface area contributed by atoms with Gasteiger partial charge >= 0.3 is 0 Å². The Morgan fingerprint density at radius 2 is 1.11 bits per heavy atom. The van der Waals surface area contributed by atoms with Crippen LogP contribution in [-0.4, -0.2) is 17.9 Å². The summed E-state index contributed by atoms with van der Waals surface area (Å²) in [6.45, 7) is 2.32. The number of hydrogen-bond donors (Lipinski definition) is 1. The van der Waals surface area contributed by atoms with Crippen LogP contribution in [0.5, 0.6) is 0 Å². The van der Waals surface area contributed by atoms with Crippen molar-refractivity contribution in [1.29, 1.82) is 5.41 Å². The third-order valence-corrected chi connectivity index (χ3v) is 11.5. The Morgan fingerprint density at radius 3 is 1.91 bits per heavy atom. The van der Waals surface area contributed by atoms with Gasteiger partial charge in [0.15, 0.2) is 11.7 Å². The molecule has 0 heterocycles. The van der Waals surface area contributed by atoms with Crippen molar-refractivity contribution in [1.82, 2.24) is 0 Å². The number of aliphatic imine (C=N–C) groups is 2. The van der Waals surface area contributed by atoms with Crippen molar-refractivity contribution >= 4 is 50.2 Å². The molecule has 0 saturated carbocycles. The molecule has 3 heteroatoms. The Morgan fingerprint density at radius 1 is 0.482 bits per heavy atom. The summed E-state index contributed by atoms with van der Waals surface area (Å²) in [5.74, 6) is 0.637. The quantitative estimate of drug-likeness (QED) is 0.0798. The van der Waals surface area contributed by atoms with Gasteiger partial charge < -0.3 is 0 Å². The van der Waals surface area contributed by atoms with E-state index in [1.807, 2.05) is 36.5 Å². The summed E-state index contributed by atoms with van der Waals surface area (Å²) in [6, 6.07) is 68.1. The lowest BCUT2D eigenvalue weighted by Crippen LogP contribution is -2.22. The van der Waals surface area contributed by atoms with Crippen LogP contribution in [0.15, 0.2) is 204 Å². The molecule has 0 amide bonds. The summed E-state index contributed by atoms with van der Waals surface area (Å²) in [5.41, 5.74) is 10.6. The van der Waals surface area contributed by atoms with E-state index in [1.165, 1.54) is 44.0 Å². The monoisotopic (exact) mass is 715 g/mol. The van der Waals surface area contributed by atoms with Crippen molar-refractivity contribution in [3.05, 3.63) is 228 Å². The number of rotatable bonds is 5. The molecule has 264 valence electrons. The van der Waals surface area contributed by atoms with E-state index < -0.39 is 0 Å². The lowest BCUT2D eigenvalue weighted by molar-refractivity contribution is 0.713. The Hall–Kier alpha value is -7.23. The zero-order valence-electron chi connectivity index (χ0n) is 30.9. The third-order valence-electron chi connectivity index (χ3n) is 11.5. The number of benzene rings is 9. The van der Waals surface area contributed by atoms with Crippen LogP contribution in [0, 0.1) is 5.41 Å². The number of fused-ring (bicyclic) bond motifs is 7. The van der Waals surface area contributed by atoms with Gasteiger partial charge in [-0.1, -0.05) is 182 Å². The number of nitrogens with zero attached hydrogens (tertiary/aromatic N) is 2. The van der Waals surface area contributed by atoms with Gasteiger partial charge in [0.05, 0.1) is 0 Å². The molecule has 9 aromatic rings. The van der Waals surface area contributed by atoms with Crippen LogP contribution >= 0.6 is 0 Å². The summed E-state index contributed by atoms with van der Waals surface area (Å²) in [6.07, 6.45) is 1.96. The van der Waals surface area contributed by atoms with Gasteiger partial charge in [-0.25, -0.2) is 9.98 Å². The Balaban J connectivity index is 1.15. The molecule has 3 nitrogen and oxygen atoms in total. The lowest BCUT2D eigenvalue weighted by atomic mass is 9.74. The van der Waals surface area contributed by atoms with Crippen LogP contribution in [0.25, 0.3) is 54.6 Å². The van der Waals surface area contributed by atoms with Crippen molar-refractivity contribution < 1.29 is 0 Å². The van der Waals surface area contributed by atoms with E-state index in [-0.39, 0.29) is 11.3 Å². The molecule has 0 fully saturated rings. The standard InChI is InChI=1S/C53H37N3/c1-53(41-18-6-3-7-19-41)49-23-13-12-22-45(49)46-31-29-40(33-50(46)53)52(56-51(54)38-26-24-36(25-27-38)35-14-4-2-5-15-35)55-34-48-43-21-11-9-17-39(43)32-47-42-20-10-8-16-37(42)28-30-44(47)48/h2-34,54H,1H3. The van der Waals surface area contributed by atoms with Crippen molar-refractivity contribution in [3.8, 4) is 22.3 Å². The molecular weight excluding hydrogens is 679 g/mol. The molecule has 1 unspecified atom stereocenters. The third kappa shape index (κ3) is 5.56. The largest absolute Gasteiger partial charge is 0.282 e. The summed E-state index contributed by atoms with van der Waals surface area (Å²) in [5, 5.41) is 16.3. The van der Waals surface area contributed by atoms with Gasteiger partial charge in [0.2, 0.25) is 0 Å². The van der Waals surface area contributed by atoms with E-state index in [9.17, 15) is 5.41 Å². The van der Waals surface area contributed by atoms with Gasteiger partial charge in [0.1, 0.15) is 0 Å². The Labute approximate surface area is 326 Å². The minimum atomic E-state index is -0.383. The summed E-state index contributed by atoms with van der Waals surface area (Å²) in [7, 11) is 0. The van der Waals surface area contributed by atoms with E-state index in [0.29, 0.717) is 5.84 Å². The van der Waals surface area contributed by atoms with Gasteiger partial charge in [0, 0.05) is 28.3 Å². The highest BCUT2D eigenvalue weighted by Crippen LogP contribution is 2.52. The average Bonchev–Trinajstić information content (AvgIpc) is 3.53. The first kappa shape index (κ1) is 33.3. The highest BCUT2D eigenvalue weighted by molar-refractivity contribution is 6.22. The molecule has 0 aromatic heterocycles. The fourth-order valence-electron chi connectivity index (χ4n) is 8.62. The predicted molar refractivity (Wildman–Crippen MR) is 236 cm³/mol. The van der Waals surface area contributed by atoms with Gasteiger partial charge in [-0.2, -0.15) is 0 Å². The second-order valence-corrected chi connectivity index (χ2v) is 14.7. The number of nitrogens with one attached hydrogen (secondary N) is 1. The van der Waals surface area contributed by atoms with Crippen LogP contribution < -0.4 is 0 Å². The molecule has 1 N–H and O–H groups in total. The second kappa shape index (κ2) is 13.6. The molecule has 56 heavy (non-hydrogen) atoms. The van der Waals surface area contributed by atoms with Gasteiger partial charge in [-0.3, -0.25) is 5.41 Å². The smallest absolute Gasteiger partial charge is 0.161 e. The van der Waals surface area contributed by atoms with E-state index in [0.717, 1.165) is 44.0 Å². The number of hydrogen-bond acceptors (Lipinski definition) is 1. The highest BCUT2D eigenvalue weighted by atomic mass is 14.9. The summed E-state index contributed by atoms with van der Waals surface area (Å²) in [4.78, 5) is 10.3. The SMILES string of the molecule is CC1(c2ccccc2)c2ccccc2-c2ccc(C(N=Cc3c4ccccc4cc4c3ccc3ccccc34)=NC(=N)c3ccc(-c4ccccc4)cc3)cc21. The zero-order chi connectivity index (χ0) is 37.6. The molecule has 0 spiro atoms. The Kier molecular flexibility index (Phi) is 8.08. The first-order valence-corrected chi connectivity index (χ1v) is 19.1. The molecule has 0 saturated heterocycles. The van der Waals surface area contributed by atoms with Crippen LogP contribution in [0.4, 0.5) is 0 Å². The zero-order valence-corrected chi connectivity index (χ0v) is 30.9. The normalized spacial score (nSPS) is 15.1. The minimum absolute atomic E-state index is 0.153. The minimum Gasteiger partial charge on any atom is -0.282 e. The van der Waals surface area contributed by atoms with Crippen molar-refractivity contribution in [2.75, 3.05) is 0 Å². The van der Waals surface area contributed by atoms with E-state index in [2.05, 4.69) is 171 Å². The maximum absolute atomic E-state index is 9.33. The van der Waals surface area contributed by atoms with Gasteiger partial charge in [-0.15, -0.1) is 0 Å². The highest BCUT2D eigenvalue weighted by Gasteiger charge is 2.40. The number of amidine groups is 2. The van der Waals surface area contributed by atoms with Crippen molar-refractivity contribution in [2.45, 2.75) is 12.3 Å². The fourth-order valence-corrected chi connectivity index (χ4v) is 8.62. The molecular formula is C53H37N3. The van der Waals surface area contributed by atoms with E-state index in [1.54, 1.807) is 0 Å². The van der Waals surface area contributed by atoms with Crippen LogP contribution in [-0.2, 0) is 5.41 Å². The van der Waals surface area contributed by atoms with Crippen molar-refractivity contribution in [3.63, 3.8) is 0 Å². The molecule has 1 atom stereocenters. The van der Waals surface area contributed by atoms with E-state index >= 15 is 0 Å². The fraction of sp³-hybridized carbons (Fsp3) is 0.0377. The average molecular weight is 716 g/mol. The molecule has 0 aliphatic heterocycles. The first-order chi connectivity index (χ1) is 27.6. The van der Waals surface area contributed by atoms with Crippen LogP contribution in [0.2, 0.25) is 0 Å². The van der Waals surface area contributed by atoms with E-state index in [4.69, 9.17) is 9.98 Å². The second-order valence-electron chi connectivity index (χ2n) is 14.7. The summed E-state index contributed by atoms with van der Waals surface area (Å²) < 4.78 is 0. The van der Waals surface area contributed by atoms with Gasteiger partial charge in [-0.05, 0) is 90.3 Å². The van der Waals surface area contributed by atoms with Crippen LogP contribution in [0.1, 0.15) is 40.3 Å². The Bertz CT molecular complexity index is 3030. The molecule has 1 aliphatic carbocycles. The molecule has 1 aliphatic rings. The first-order valence-electron chi connectivity index (χ1n) is 19.1. The maximum atomic E-state index is 9.33. The molecule has 0 radical (unpaired) electrons. The molecule has 9 aromatic carbocycles. The lowest BCUT2D eigenvalue weighted by Gasteiger charge is -2.28. The maximum Gasteiger partial charge on any atom is 0.161 e.